The lowest BCUT2D eigenvalue weighted by molar-refractivity contribution is 0.628. The Labute approximate surface area is 108 Å². The number of benzene rings is 2. The molecule has 0 fully saturated rings. The molecule has 2 aromatic rings. The van der Waals surface area contributed by atoms with Crippen LogP contribution in [-0.2, 0) is 6.54 Å². The van der Waals surface area contributed by atoms with Gasteiger partial charge in [-0.1, -0.05) is 42.8 Å². The molecular weight excluding hydrogens is 225 g/mol. The third-order valence-electron chi connectivity index (χ3n) is 2.97. The fraction of sp³-hybridized carbons (Fsp3) is 0.250. The van der Waals surface area contributed by atoms with Gasteiger partial charge >= 0.3 is 0 Å². The summed E-state index contributed by atoms with van der Waals surface area (Å²) in [5.41, 5.74) is 4.43. The molecule has 0 aliphatic carbocycles. The molecule has 2 aromatic carbocycles. The first kappa shape index (κ1) is 12.8. The minimum Gasteiger partial charge on any atom is -0.313 e. The molecule has 94 valence electrons. The van der Waals surface area contributed by atoms with Crippen LogP contribution in [0.4, 0.5) is 4.39 Å². The molecule has 0 aliphatic rings. The van der Waals surface area contributed by atoms with Gasteiger partial charge in [0.1, 0.15) is 5.82 Å². The van der Waals surface area contributed by atoms with Crippen LogP contribution in [0, 0.1) is 12.7 Å². The van der Waals surface area contributed by atoms with Gasteiger partial charge in [-0.15, -0.1) is 0 Å². The standard InChI is InChI=1S/C16H18FN/c1-3-18-11-14-8-7-12(2)9-16(14)13-5-4-6-15(17)10-13/h4-10,18H,3,11H2,1-2H3. The Morgan fingerprint density at radius 2 is 1.94 bits per heavy atom. The van der Waals surface area contributed by atoms with Crippen LogP contribution >= 0.6 is 0 Å². The predicted molar refractivity (Wildman–Crippen MR) is 74.0 cm³/mol. The largest absolute Gasteiger partial charge is 0.313 e. The lowest BCUT2D eigenvalue weighted by Crippen LogP contribution is -2.12. The predicted octanol–water partition coefficient (Wildman–Crippen LogP) is 3.91. The maximum absolute atomic E-state index is 13.3. The molecule has 0 aromatic heterocycles. The maximum atomic E-state index is 13.3. The van der Waals surface area contributed by atoms with Crippen molar-refractivity contribution in [1.82, 2.24) is 5.32 Å². The Hall–Kier alpha value is -1.67. The molecule has 0 bridgehead atoms. The zero-order valence-corrected chi connectivity index (χ0v) is 10.8. The van der Waals surface area contributed by atoms with Crippen LogP contribution in [0.2, 0.25) is 0 Å². The Morgan fingerprint density at radius 1 is 1.11 bits per heavy atom. The monoisotopic (exact) mass is 243 g/mol. The van der Waals surface area contributed by atoms with Gasteiger partial charge in [0, 0.05) is 6.54 Å². The number of hydrogen-bond acceptors (Lipinski definition) is 1. The average Bonchev–Trinajstić information content (AvgIpc) is 2.37. The normalized spacial score (nSPS) is 10.6. The van der Waals surface area contributed by atoms with Crippen LogP contribution in [0.5, 0.6) is 0 Å². The molecule has 0 atom stereocenters. The molecule has 0 spiro atoms. The van der Waals surface area contributed by atoms with E-state index >= 15 is 0 Å². The number of hydrogen-bond donors (Lipinski definition) is 1. The van der Waals surface area contributed by atoms with Crippen molar-refractivity contribution in [2.24, 2.45) is 0 Å². The molecule has 0 heterocycles. The quantitative estimate of drug-likeness (QED) is 0.858. The van der Waals surface area contributed by atoms with Crippen molar-refractivity contribution in [3.63, 3.8) is 0 Å². The first-order chi connectivity index (χ1) is 8.70. The van der Waals surface area contributed by atoms with Gasteiger partial charge in [-0.2, -0.15) is 0 Å². The highest BCUT2D eigenvalue weighted by Crippen LogP contribution is 2.25. The SMILES string of the molecule is CCNCc1ccc(C)cc1-c1cccc(F)c1. The summed E-state index contributed by atoms with van der Waals surface area (Å²) in [7, 11) is 0. The Balaban J connectivity index is 2.44. The van der Waals surface area contributed by atoms with E-state index < -0.39 is 0 Å². The highest BCUT2D eigenvalue weighted by molar-refractivity contribution is 5.68. The average molecular weight is 243 g/mol. The van der Waals surface area contributed by atoms with Crippen molar-refractivity contribution in [3.05, 3.63) is 59.4 Å². The minimum absolute atomic E-state index is 0.191. The highest BCUT2D eigenvalue weighted by Gasteiger charge is 2.06. The molecule has 2 heteroatoms. The Kier molecular flexibility index (Phi) is 4.11. The molecule has 0 amide bonds. The van der Waals surface area contributed by atoms with Crippen LogP contribution in [0.1, 0.15) is 18.1 Å². The van der Waals surface area contributed by atoms with E-state index in [-0.39, 0.29) is 5.82 Å². The first-order valence-corrected chi connectivity index (χ1v) is 6.27. The summed E-state index contributed by atoms with van der Waals surface area (Å²) in [5, 5.41) is 3.32. The summed E-state index contributed by atoms with van der Waals surface area (Å²) in [6.07, 6.45) is 0. The summed E-state index contributed by atoms with van der Waals surface area (Å²) in [4.78, 5) is 0. The fourth-order valence-electron chi connectivity index (χ4n) is 2.03. The molecule has 0 unspecified atom stereocenters. The summed E-state index contributed by atoms with van der Waals surface area (Å²) in [5.74, 6) is -0.191. The topological polar surface area (TPSA) is 12.0 Å². The fourth-order valence-corrected chi connectivity index (χ4v) is 2.03. The van der Waals surface area contributed by atoms with Crippen molar-refractivity contribution >= 4 is 0 Å². The second-order valence-electron chi connectivity index (χ2n) is 4.45. The summed E-state index contributed by atoms with van der Waals surface area (Å²) in [6.45, 7) is 5.87. The van der Waals surface area contributed by atoms with E-state index in [1.807, 2.05) is 6.07 Å². The van der Waals surface area contributed by atoms with E-state index in [9.17, 15) is 4.39 Å². The smallest absolute Gasteiger partial charge is 0.123 e. The highest BCUT2D eigenvalue weighted by atomic mass is 19.1. The lowest BCUT2D eigenvalue weighted by atomic mass is 9.97. The van der Waals surface area contributed by atoms with Gasteiger partial charge in [0.2, 0.25) is 0 Å². The van der Waals surface area contributed by atoms with E-state index in [0.29, 0.717) is 0 Å². The minimum atomic E-state index is -0.191. The third-order valence-corrected chi connectivity index (χ3v) is 2.97. The first-order valence-electron chi connectivity index (χ1n) is 6.27. The van der Waals surface area contributed by atoms with E-state index in [4.69, 9.17) is 0 Å². The van der Waals surface area contributed by atoms with Crippen molar-refractivity contribution in [2.45, 2.75) is 20.4 Å². The van der Waals surface area contributed by atoms with E-state index in [1.165, 1.54) is 17.2 Å². The Morgan fingerprint density at radius 3 is 2.67 bits per heavy atom. The molecule has 2 rings (SSSR count). The van der Waals surface area contributed by atoms with Crippen molar-refractivity contribution in [3.8, 4) is 11.1 Å². The van der Waals surface area contributed by atoms with E-state index in [1.54, 1.807) is 12.1 Å². The molecule has 18 heavy (non-hydrogen) atoms. The van der Waals surface area contributed by atoms with Gasteiger partial charge in [-0.25, -0.2) is 4.39 Å². The van der Waals surface area contributed by atoms with Crippen LogP contribution in [0.3, 0.4) is 0 Å². The van der Waals surface area contributed by atoms with E-state index in [2.05, 4.69) is 37.4 Å². The molecule has 0 saturated carbocycles. The number of aryl methyl sites for hydroxylation is 1. The molecule has 0 saturated heterocycles. The van der Waals surface area contributed by atoms with Gasteiger partial charge in [-0.3, -0.25) is 0 Å². The number of rotatable bonds is 4. The molecule has 0 radical (unpaired) electrons. The molecule has 1 nitrogen and oxygen atoms in total. The van der Waals surface area contributed by atoms with Crippen LogP contribution < -0.4 is 5.32 Å². The third kappa shape index (κ3) is 2.96. The number of halogens is 1. The zero-order valence-electron chi connectivity index (χ0n) is 10.8. The number of nitrogens with one attached hydrogen (secondary N) is 1. The van der Waals surface area contributed by atoms with Gasteiger partial charge in [-0.05, 0) is 42.3 Å². The van der Waals surface area contributed by atoms with Gasteiger partial charge < -0.3 is 5.32 Å². The summed E-state index contributed by atoms with van der Waals surface area (Å²) < 4.78 is 13.3. The molecule has 0 aliphatic heterocycles. The van der Waals surface area contributed by atoms with Crippen LogP contribution in [0.15, 0.2) is 42.5 Å². The maximum Gasteiger partial charge on any atom is 0.123 e. The lowest BCUT2D eigenvalue weighted by Gasteiger charge is -2.11. The summed E-state index contributed by atoms with van der Waals surface area (Å²) in [6, 6.07) is 13.1. The van der Waals surface area contributed by atoms with Crippen LogP contribution in [0.25, 0.3) is 11.1 Å². The Bertz CT molecular complexity index is 534. The second-order valence-corrected chi connectivity index (χ2v) is 4.45. The molecule has 1 N–H and O–H groups in total. The van der Waals surface area contributed by atoms with Crippen molar-refractivity contribution in [1.29, 1.82) is 0 Å². The van der Waals surface area contributed by atoms with Crippen LogP contribution in [-0.4, -0.2) is 6.54 Å². The summed E-state index contributed by atoms with van der Waals surface area (Å²) >= 11 is 0. The second kappa shape index (κ2) is 5.78. The van der Waals surface area contributed by atoms with Gasteiger partial charge in [0.15, 0.2) is 0 Å². The zero-order chi connectivity index (χ0) is 13.0. The van der Waals surface area contributed by atoms with Gasteiger partial charge in [0.05, 0.1) is 0 Å². The van der Waals surface area contributed by atoms with Crippen molar-refractivity contribution in [2.75, 3.05) is 6.54 Å². The molecular formula is C16H18FN. The van der Waals surface area contributed by atoms with E-state index in [0.717, 1.165) is 24.2 Å². The van der Waals surface area contributed by atoms with Crippen molar-refractivity contribution < 1.29 is 4.39 Å². The van der Waals surface area contributed by atoms with Gasteiger partial charge in [0.25, 0.3) is 0 Å².